The number of benzene rings is 2. The second-order valence-electron chi connectivity index (χ2n) is 8.63. The fourth-order valence-corrected chi connectivity index (χ4v) is 4.49. The number of pyridine rings is 1. The van der Waals surface area contributed by atoms with Crippen molar-refractivity contribution in [2.24, 2.45) is 0 Å². The number of anilines is 1. The molecule has 0 unspecified atom stereocenters. The number of nitrogens with one attached hydrogen (secondary N) is 3. The Morgan fingerprint density at radius 1 is 1.06 bits per heavy atom. The third-order valence-electron chi connectivity index (χ3n) is 6.16. The summed E-state index contributed by atoms with van der Waals surface area (Å²) in [4.78, 5) is 27.0. The van der Waals surface area contributed by atoms with Crippen LogP contribution in [0.5, 0.6) is 0 Å². The minimum atomic E-state index is -0.414. The molecule has 4 rings (SSSR count). The van der Waals surface area contributed by atoms with Gasteiger partial charge in [-0.1, -0.05) is 23.7 Å². The summed E-state index contributed by atoms with van der Waals surface area (Å²) in [5.74, 6) is 0.0459. The van der Waals surface area contributed by atoms with E-state index in [4.69, 9.17) is 11.6 Å². The first-order chi connectivity index (χ1) is 16.5. The first kappa shape index (κ1) is 23.9. The van der Waals surface area contributed by atoms with Gasteiger partial charge >= 0.3 is 0 Å². The van der Waals surface area contributed by atoms with E-state index in [1.807, 2.05) is 24.3 Å². The van der Waals surface area contributed by atoms with Gasteiger partial charge in [-0.25, -0.2) is 0 Å². The molecular formula is C25H28ClN5O3. The summed E-state index contributed by atoms with van der Waals surface area (Å²) in [6.07, 6.45) is 6.05. The number of non-ortho nitro benzene ring substituents is 1. The molecule has 1 heterocycles. The standard InChI is InChI=1S/C25H28ClN5O3/c26-18-3-10-22-23(11-14-28-24(22)15-18)29-19-4-6-20(7-5-19)30-25(32)12-13-27-16-17-1-8-21(9-2-17)31(33)34/h1-3,8-11,14-15,19-20,27H,4-7,12-13,16H2,(H,28,29)(H,30,32). The number of hydrogen-bond donors (Lipinski definition) is 3. The first-order valence-electron chi connectivity index (χ1n) is 11.5. The molecule has 178 valence electrons. The Hall–Kier alpha value is -3.23. The summed E-state index contributed by atoms with van der Waals surface area (Å²) < 4.78 is 0. The Morgan fingerprint density at radius 3 is 2.53 bits per heavy atom. The maximum absolute atomic E-state index is 12.3. The summed E-state index contributed by atoms with van der Waals surface area (Å²) >= 11 is 6.08. The molecule has 2 aromatic carbocycles. The number of aromatic nitrogens is 1. The number of hydrogen-bond acceptors (Lipinski definition) is 6. The lowest BCUT2D eigenvalue weighted by Crippen LogP contribution is -2.40. The van der Waals surface area contributed by atoms with E-state index in [2.05, 4.69) is 20.9 Å². The molecule has 1 aliphatic carbocycles. The molecule has 9 heteroatoms. The topological polar surface area (TPSA) is 109 Å². The molecule has 8 nitrogen and oxygen atoms in total. The molecule has 0 atom stereocenters. The Balaban J connectivity index is 1.16. The third kappa shape index (κ3) is 6.42. The van der Waals surface area contributed by atoms with Gasteiger partial charge in [-0.3, -0.25) is 19.9 Å². The van der Waals surface area contributed by atoms with Gasteiger partial charge < -0.3 is 16.0 Å². The van der Waals surface area contributed by atoms with E-state index in [-0.39, 0.29) is 17.6 Å². The molecule has 1 amide bonds. The highest BCUT2D eigenvalue weighted by Gasteiger charge is 2.22. The Kier molecular flexibility index (Phi) is 7.92. The molecule has 0 aliphatic heterocycles. The average molecular weight is 482 g/mol. The number of rotatable bonds is 9. The van der Waals surface area contributed by atoms with Crippen molar-refractivity contribution >= 4 is 39.8 Å². The smallest absolute Gasteiger partial charge is 0.269 e. The van der Waals surface area contributed by atoms with Crippen molar-refractivity contribution < 1.29 is 9.72 Å². The molecule has 3 N–H and O–H groups in total. The van der Waals surface area contributed by atoms with Crippen molar-refractivity contribution in [2.45, 2.75) is 50.7 Å². The zero-order chi connectivity index (χ0) is 23.9. The highest BCUT2D eigenvalue weighted by atomic mass is 35.5. The van der Waals surface area contributed by atoms with Gasteiger partial charge in [0.1, 0.15) is 0 Å². The second-order valence-corrected chi connectivity index (χ2v) is 9.07. The van der Waals surface area contributed by atoms with Crippen molar-refractivity contribution in [1.29, 1.82) is 0 Å². The minimum Gasteiger partial charge on any atom is -0.382 e. The molecule has 3 aromatic rings. The van der Waals surface area contributed by atoms with Gasteiger partial charge in [-0.2, -0.15) is 0 Å². The van der Waals surface area contributed by atoms with Crippen molar-refractivity contribution in [3.63, 3.8) is 0 Å². The normalized spacial score (nSPS) is 17.9. The van der Waals surface area contributed by atoms with E-state index in [9.17, 15) is 14.9 Å². The number of fused-ring (bicyclic) bond motifs is 1. The van der Waals surface area contributed by atoms with E-state index < -0.39 is 4.92 Å². The second kappa shape index (κ2) is 11.3. The number of nitrogens with zero attached hydrogens (tertiary/aromatic N) is 2. The van der Waals surface area contributed by atoms with Crippen LogP contribution in [-0.2, 0) is 11.3 Å². The number of nitro benzene ring substituents is 1. The summed E-state index contributed by atoms with van der Waals surface area (Å²) in [7, 11) is 0. The van der Waals surface area contributed by atoms with Gasteiger partial charge in [0, 0.05) is 66.0 Å². The molecule has 0 radical (unpaired) electrons. The SMILES string of the molecule is O=C(CCNCc1ccc([N+](=O)[O-])cc1)NC1CCC(Nc2ccnc3cc(Cl)ccc23)CC1. The van der Waals surface area contributed by atoms with Gasteiger partial charge in [0.05, 0.1) is 10.4 Å². The van der Waals surface area contributed by atoms with Gasteiger partial charge in [0.15, 0.2) is 0 Å². The van der Waals surface area contributed by atoms with Gasteiger partial charge in [-0.15, -0.1) is 0 Å². The van der Waals surface area contributed by atoms with Gasteiger partial charge in [0.25, 0.3) is 5.69 Å². The fraction of sp³-hybridized carbons (Fsp3) is 0.360. The summed E-state index contributed by atoms with van der Waals surface area (Å²) in [5.41, 5.74) is 2.96. The molecular weight excluding hydrogens is 454 g/mol. The fourth-order valence-electron chi connectivity index (χ4n) is 4.32. The lowest BCUT2D eigenvalue weighted by atomic mass is 9.90. The number of carbonyl (C=O) groups excluding carboxylic acids is 1. The van der Waals surface area contributed by atoms with Gasteiger partial charge in [0.2, 0.25) is 5.91 Å². The van der Waals surface area contributed by atoms with Crippen molar-refractivity contribution in [3.8, 4) is 0 Å². The molecule has 1 saturated carbocycles. The number of nitro groups is 1. The Morgan fingerprint density at radius 2 is 1.79 bits per heavy atom. The van der Waals surface area contributed by atoms with E-state index in [1.165, 1.54) is 12.1 Å². The predicted octanol–water partition coefficient (Wildman–Crippen LogP) is 4.82. The summed E-state index contributed by atoms with van der Waals surface area (Å²) in [6.45, 7) is 1.12. The molecule has 0 bridgehead atoms. The van der Waals surface area contributed by atoms with Crippen LogP contribution in [0.4, 0.5) is 11.4 Å². The van der Waals surface area contributed by atoms with E-state index in [0.29, 0.717) is 30.6 Å². The van der Waals surface area contributed by atoms with Crippen LogP contribution in [0.3, 0.4) is 0 Å². The zero-order valence-electron chi connectivity index (χ0n) is 18.8. The van der Waals surface area contributed by atoms with Crippen LogP contribution in [0.15, 0.2) is 54.7 Å². The first-order valence-corrected chi connectivity index (χ1v) is 11.9. The van der Waals surface area contributed by atoms with Crippen LogP contribution in [-0.4, -0.2) is 34.4 Å². The third-order valence-corrected chi connectivity index (χ3v) is 6.40. The van der Waals surface area contributed by atoms with Crippen molar-refractivity contribution in [1.82, 2.24) is 15.6 Å². The number of halogens is 1. The van der Waals surface area contributed by atoms with E-state index in [0.717, 1.165) is 47.8 Å². The molecule has 34 heavy (non-hydrogen) atoms. The van der Waals surface area contributed by atoms with Crippen LogP contribution in [0.1, 0.15) is 37.7 Å². The lowest BCUT2D eigenvalue weighted by Gasteiger charge is -2.30. The zero-order valence-corrected chi connectivity index (χ0v) is 19.6. The number of amides is 1. The number of carbonyl (C=O) groups is 1. The molecule has 0 spiro atoms. The van der Waals surface area contributed by atoms with Crippen LogP contribution < -0.4 is 16.0 Å². The lowest BCUT2D eigenvalue weighted by molar-refractivity contribution is -0.384. The Bertz CT molecular complexity index is 1150. The maximum atomic E-state index is 12.3. The maximum Gasteiger partial charge on any atom is 0.269 e. The molecule has 1 fully saturated rings. The van der Waals surface area contributed by atoms with Gasteiger partial charge in [-0.05, 0) is 55.5 Å². The van der Waals surface area contributed by atoms with Crippen LogP contribution in [0, 0.1) is 10.1 Å². The van der Waals surface area contributed by atoms with Crippen LogP contribution >= 0.6 is 11.6 Å². The van der Waals surface area contributed by atoms with E-state index in [1.54, 1.807) is 18.3 Å². The van der Waals surface area contributed by atoms with Crippen molar-refractivity contribution in [2.75, 3.05) is 11.9 Å². The molecule has 1 aromatic heterocycles. The van der Waals surface area contributed by atoms with E-state index >= 15 is 0 Å². The highest BCUT2D eigenvalue weighted by molar-refractivity contribution is 6.31. The molecule has 0 saturated heterocycles. The average Bonchev–Trinajstić information content (AvgIpc) is 2.83. The minimum absolute atomic E-state index is 0.0459. The Labute approximate surface area is 203 Å². The highest BCUT2D eigenvalue weighted by Crippen LogP contribution is 2.28. The van der Waals surface area contributed by atoms with Crippen molar-refractivity contribution in [3.05, 3.63) is 75.4 Å². The summed E-state index contributed by atoms with van der Waals surface area (Å²) in [6, 6.07) is 14.7. The van der Waals surface area contributed by atoms with Crippen LogP contribution in [0.2, 0.25) is 5.02 Å². The quantitative estimate of drug-likeness (QED) is 0.230. The summed E-state index contributed by atoms with van der Waals surface area (Å²) in [5, 5.41) is 22.4. The van der Waals surface area contributed by atoms with Crippen LogP contribution in [0.25, 0.3) is 10.9 Å². The molecule has 1 aliphatic rings. The largest absolute Gasteiger partial charge is 0.382 e. The predicted molar refractivity (Wildman–Crippen MR) is 134 cm³/mol. The monoisotopic (exact) mass is 481 g/mol.